The van der Waals surface area contributed by atoms with Crippen LogP contribution in [0.1, 0.15) is 31.0 Å². The first kappa shape index (κ1) is 25.7. The number of ether oxygens (including phenoxy) is 3. The summed E-state index contributed by atoms with van der Waals surface area (Å²) in [6.45, 7) is 7.76. The predicted molar refractivity (Wildman–Crippen MR) is 143 cm³/mol. The van der Waals surface area contributed by atoms with E-state index in [0.717, 1.165) is 15.6 Å². The normalized spacial score (nSPS) is 15.2. The number of rotatable bonds is 8. The molecule has 4 rings (SSSR count). The number of carbonyl (C=O) groups excluding carboxylic acids is 1. The van der Waals surface area contributed by atoms with E-state index in [1.807, 2.05) is 42.5 Å². The minimum Gasteiger partial charge on any atom is -0.496 e. The van der Waals surface area contributed by atoms with Gasteiger partial charge in [0.15, 0.2) is 4.80 Å². The minimum absolute atomic E-state index is 0.216. The fourth-order valence-corrected chi connectivity index (χ4v) is 5.54. The van der Waals surface area contributed by atoms with Crippen molar-refractivity contribution in [1.29, 1.82) is 0 Å². The molecule has 1 aromatic heterocycles. The lowest BCUT2D eigenvalue weighted by atomic mass is 9.96. The van der Waals surface area contributed by atoms with Gasteiger partial charge in [-0.2, -0.15) is 0 Å². The molecular formula is C27H25BrN2O5S. The number of fused-ring (bicyclic) bond motifs is 1. The molecule has 186 valence electrons. The number of hydrogen-bond donors (Lipinski definition) is 0. The van der Waals surface area contributed by atoms with Gasteiger partial charge in [-0.05, 0) is 71.2 Å². The number of thiazole rings is 1. The van der Waals surface area contributed by atoms with Crippen LogP contribution in [0.2, 0.25) is 0 Å². The van der Waals surface area contributed by atoms with E-state index in [-0.39, 0.29) is 12.2 Å². The predicted octanol–water partition coefficient (Wildman–Crippen LogP) is 4.13. The Morgan fingerprint density at radius 3 is 2.64 bits per heavy atom. The Labute approximate surface area is 220 Å². The molecule has 1 atom stereocenters. The average molecular weight is 569 g/mol. The maximum absolute atomic E-state index is 13.7. The molecule has 1 aliphatic heterocycles. The maximum Gasteiger partial charge on any atom is 0.338 e. The molecule has 9 heteroatoms. The number of aromatic nitrogens is 1. The Bertz CT molecular complexity index is 1520. The molecule has 0 saturated heterocycles. The van der Waals surface area contributed by atoms with Crippen LogP contribution in [0, 0.1) is 0 Å². The lowest BCUT2D eigenvalue weighted by Crippen LogP contribution is -2.39. The minimum atomic E-state index is -0.682. The van der Waals surface area contributed by atoms with Gasteiger partial charge in [0.1, 0.15) is 18.1 Å². The van der Waals surface area contributed by atoms with Crippen LogP contribution in [0.3, 0.4) is 0 Å². The standard InChI is InChI=1S/C27H25BrN2O5S/c1-5-13-35-19-10-8-18(9-11-19)24-23(26(32)34-6-2)16(3)29-27-30(24)25(31)22(36-27)15-17-7-12-21(33-4)20(28)14-17/h5,7-12,14-15,24H,1,6,13H2,2-4H3/b22-15-/t24-/m1/s1. The van der Waals surface area contributed by atoms with Crippen LogP contribution in [0.25, 0.3) is 6.08 Å². The Kier molecular flexibility index (Phi) is 7.91. The number of benzene rings is 2. The van der Waals surface area contributed by atoms with Crippen molar-refractivity contribution in [2.24, 2.45) is 4.99 Å². The van der Waals surface area contributed by atoms with Gasteiger partial charge in [-0.1, -0.05) is 42.2 Å². The van der Waals surface area contributed by atoms with Gasteiger partial charge in [-0.25, -0.2) is 9.79 Å². The number of hydrogen-bond acceptors (Lipinski definition) is 7. The third-order valence-electron chi connectivity index (χ3n) is 5.55. The largest absolute Gasteiger partial charge is 0.496 e. The molecule has 0 spiro atoms. The highest BCUT2D eigenvalue weighted by Gasteiger charge is 2.33. The quantitative estimate of drug-likeness (QED) is 0.301. The third kappa shape index (κ3) is 5.08. The van der Waals surface area contributed by atoms with E-state index >= 15 is 0 Å². The zero-order valence-corrected chi connectivity index (χ0v) is 22.5. The molecule has 0 unspecified atom stereocenters. The number of esters is 1. The van der Waals surface area contributed by atoms with Crippen molar-refractivity contribution in [2.45, 2.75) is 19.9 Å². The molecule has 2 aromatic carbocycles. The zero-order chi connectivity index (χ0) is 25.8. The Balaban J connectivity index is 1.87. The Morgan fingerprint density at radius 2 is 2.00 bits per heavy atom. The molecule has 0 radical (unpaired) electrons. The number of methoxy groups -OCH3 is 1. The van der Waals surface area contributed by atoms with Crippen molar-refractivity contribution in [3.05, 3.63) is 102 Å². The summed E-state index contributed by atoms with van der Waals surface area (Å²) in [5, 5.41) is 0. The smallest absolute Gasteiger partial charge is 0.338 e. The zero-order valence-electron chi connectivity index (χ0n) is 20.1. The summed E-state index contributed by atoms with van der Waals surface area (Å²) in [7, 11) is 1.60. The van der Waals surface area contributed by atoms with Crippen molar-refractivity contribution in [3.63, 3.8) is 0 Å². The van der Waals surface area contributed by atoms with Gasteiger partial charge in [0, 0.05) is 0 Å². The third-order valence-corrected chi connectivity index (χ3v) is 7.16. The number of nitrogens with zero attached hydrogens (tertiary/aromatic N) is 2. The molecule has 0 amide bonds. The summed E-state index contributed by atoms with van der Waals surface area (Å²) in [5.74, 6) is 0.863. The lowest BCUT2D eigenvalue weighted by Gasteiger charge is -2.24. The van der Waals surface area contributed by atoms with E-state index < -0.39 is 12.0 Å². The van der Waals surface area contributed by atoms with Crippen LogP contribution >= 0.6 is 27.3 Å². The molecule has 3 aromatic rings. The van der Waals surface area contributed by atoms with Crippen LogP contribution in [0.15, 0.2) is 80.6 Å². The second kappa shape index (κ2) is 11.1. The first-order chi connectivity index (χ1) is 17.4. The van der Waals surface area contributed by atoms with Crippen LogP contribution < -0.4 is 24.4 Å². The van der Waals surface area contributed by atoms with Crippen molar-refractivity contribution >= 4 is 39.3 Å². The summed E-state index contributed by atoms with van der Waals surface area (Å²) < 4.78 is 19.1. The van der Waals surface area contributed by atoms with Crippen LogP contribution in [0.5, 0.6) is 11.5 Å². The average Bonchev–Trinajstić information content (AvgIpc) is 3.16. The number of carbonyl (C=O) groups is 1. The van der Waals surface area contributed by atoms with E-state index in [4.69, 9.17) is 14.2 Å². The summed E-state index contributed by atoms with van der Waals surface area (Å²) >= 11 is 4.76. The second-order valence-corrected chi connectivity index (χ2v) is 9.73. The molecule has 0 fully saturated rings. The SMILES string of the molecule is C=CCOc1ccc([C@@H]2C(C(=O)OCC)=C(C)N=c3s/c(=C\c4ccc(OC)c(Br)c4)c(=O)n32)cc1. The van der Waals surface area contributed by atoms with Crippen LogP contribution in [-0.4, -0.2) is 30.9 Å². The van der Waals surface area contributed by atoms with Crippen LogP contribution in [0.4, 0.5) is 0 Å². The Morgan fingerprint density at radius 1 is 1.25 bits per heavy atom. The Hall–Kier alpha value is -3.43. The van der Waals surface area contributed by atoms with Gasteiger partial charge in [0.25, 0.3) is 5.56 Å². The summed E-state index contributed by atoms with van der Waals surface area (Å²) in [6, 6.07) is 12.2. The van der Waals surface area contributed by atoms with Crippen molar-refractivity contribution < 1.29 is 19.0 Å². The van der Waals surface area contributed by atoms with E-state index in [9.17, 15) is 9.59 Å². The van der Waals surface area contributed by atoms with Gasteiger partial charge < -0.3 is 14.2 Å². The topological polar surface area (TPSA) is 79.1 Å². The monoisotopic (exact) mass is 568 g/mol. The van der Waals surface area contributed by atoms with E-state index in [1.165, 1.54) is 11.3 Å². The highest BCUT2D eigenvalue weighted by molar-refractivity contribution is 9.10. The van der Waals surface area contributed by atoms with Crippen molar-refractivity contribution in [1.82, 2.24) is 4.57 Å². The first-order valence-electron chi connectivity index (χ1n) is 11.2. The molecule has 2 heterocycles. The molecule has 1 aliphatic rings. The van der Waals surface area contributed by atoms with Crippen LogP contribution in [-0.2, 0) is 9.53 Å². The lowest BCUT2D eigenvalue weighted by molar-refractivity contribution is -0.139. The van der Waals surface area contributed by atoms with Gasteiger partial charge in [0.2, 0.25) is 0 Å². The summed E-state index contributed by atoms with van der Waals surface area (Å²) in [5.41, 5.74) is 2.19. The first-order valence-corrected chi connectivity index (χ1v) is 12.9. The molecule has 0 N–H and O–H groups in total. The molecule has 0 saturated carbocycles. The van der Waals surface area contributed by atoms with Crippen molar-refractivity contribution in [2.75, 3.05) is 20.3 Å². The van der Waals surface area contributed by atoms with E-state index in [1.54, 1.807) is 37.7 Å². The highest BCUT2D eigenvalue weighted by Crippen LogP contribution is 2.32. The van der Waals surface area contributed by atoms with Gasteiger partial charge in [-0.3, -0.25) is 9.36 Å². The van der Waals surface area contributed by atoms with Crippen molar-refractivity contribution in [3.8, 4) is 11.5 Å². The number of allylic oxidation sites excluding steroid dienone is 1. The fourth-order valence-electron chi connectivity index (χ4n) is 3.93. The second-order valence-electron chi connectivity index (χ2n) is 7.86. The van der Waals surface area contributed by atoms with E-state index in [2.05, 4.69) is 27.5 Å². The maximum atomic E-state index is 13.7. The van der Waals surface area contributed by atoms with Gasteiger partial charge >= 0.3 is 5.97 Å². The molecule has 36 heavy (non-hydrogen) atoms. The molecule has 0 aliphatic carbocycles. The van der Waals surface area contributed by atoms with E-state index in [0.29, 0.717) is 38.7 Å². The highest BCUT2D eigenvalue weighted by atomic mass is 79.9. The van der Waals surface area contributed by atoms with Gasteiger partial charge in [-0.15, -0.1) is 0 Å². The molecule has 0 bridgehead atoms. The molecule has 7 nitrogen and oxygen atoms in total. The van der Waals surface area contributed by atoms with Gasteiger partial charge in [0.05, 0.1) is 40.0 Å². The summed E-state index contributed by atoms with van der Waals surface area (Å²) in [6.07, 6.45) is 3.47. The number of halogens is 1. The fraction of sp³-hybridized carbons (Fsp3) is 0.222. The summed E-state index contributed by atoms with van der Waals surface area (Å²) in [4.78, 5) is 31.8. The molecular weight excluding hydrogens is 544 g/mol.